The van der Waals surface area contributed by atoms with Crippen LogP contribution >= 0.6 is 7.92 Å². The van der Waals surface area contributed by atoms with Gasteiger partial charge >= 0.3 is 0 Å². The molecule has 0 amide bonds. The summed E-state index contributed by atoms with van der Waals surface area (Å²) in [7, 11) is -0.218. The highest BCUT2D eigenvalue weighted by Gasteiger charge is 2.40. The predicted octanol–water partition coefficient (Wildman–Crippen LogP) is 4.08. The van der Waals surface area contributed by atoms with Crippen LogP contribution in [0, 0.1) is 11.8 Å². The summed E-state index contributed by atoms with van der Waals surface area (Å²) in [6.45, 7) is 0. The van der Waals surface area contributed by atoms with E-state index in [9.17, 15) is 0 Å². The van der Waals surface area contributed by atoms with E-state index in [0.29, 0.717) is 0 Å². The Morgan fingerprint density at radius 2 is 1.30 bits per heavy atom. The summed E-state index contributed by atoms with van der Waals surface area (Å²) in [5.74, 6) is 1.66. The molecule has 20 heavy (non-hydrogen) atoms. The fourth-order valence-corrected chi connectivity index (χ4v) is 6.89. The van der Waals surface area contributed by atoms with E-state index >= 15 is 0 Å². The molecule has 100 valence electrons. The first kappa shape index (κ1) is 12.4. The van der Waals surface area contributed by atoms with Crippen LogP contribution in [0.2, 0.25) is 0 Å². The molecule has 0 heterocycles. The minimum atomic E-state index is -0.218. The molecular formula is C19H19P. The molecule has 0 radical (unpaired) electrons. The molecule has 2 unspecified atom stereocenters. The van der Waals surface area contributed by atoms with Gasteiger partial charge in [-0.15, -0.1) is 0 Å². The summed E-state index contributed by atoms with van der Waals surface area (Å²) in [5, 5.41) is 3.08. The molecule has 2 aromatic rings. The molecule has 0 aliphatic heterocycles. The lowest BCUT2D eigenvalue weighted by Gasteiger charge is -2.30. The maximum atomic E-state index is 2.49. The highest BCUT2D eigenvalue weighted by atomic mass is 31.1. The predicted molar refractivity (Wildman–Crippen MR) is 88.2 cm³/mol. The van der Waals surface area contributed by atoms with Crippen LogP contribution in [-0.4, -0.2) is 5.66 Å². The van der Waals surface area contributed by atoms with Gasteiger partial charge in [-0.05, 0) is 48.9 Å². The summed E-state index contributed by atoms with van der Waals surface area (Å²) >= 11 is 0. The molecular weight excluding hydrogens is 259 g/mol. The lowest BCUT2D eigenvalue weighted by molar-refractivity contribution is 0.692. The molecule has 0 spiro atoms. The van der Waals surface area contributed by atoms with E-state index < -0.39 is 0 Å². The van der Waals surface area contributed by atoms with Gasteiger partial charge in [-0.3, -0.25) is 0 Å². The summed E-state index contributed by atoms with van der Waals surface area (Å²) in [6.07, 6.45) is 7.71. The van der Waals surface area contributed by atoms with Crippen molar-refractivity contribution in [1.29, 1.82) is 0 Å². The highest BCUT2D eigenvalue weighted by Crippen LogP contribution is 2.54. The van der Waals surface area contributed by atoms with E-state index in [1.165, 1.54) is 12.8 Å². The van der Waals surface area contributed by atoms with Crippen LogP contribution < -0.4 is 10.6 Å². The maximum Gasteiger partial charge on any atom is -0.00601 e. The van der Waals surface area contributed by atoms with Crippen molar-refractivity contribution in [3.05, 3.63) is 72.8 Å². The molecule has 1 heteroatoms. The second-order valence-corrected chi connectivity index (χ2v) is 8.32. The Balaban J connectivity index is 1.76. The van der Waals surface area contributed by atoms with Crippen LogP contribution in [0.4, 0.5) is 0 Å². The summed E-state index contributed by atoms with van der Waals surface area (Å²) in [6, 6.07) is 22.3. The molecule has 2 aliphatic carbocycles. The van der Waals surface area contributed by atoms with Crippen molar-refractivity contribution < 1.29 is 0 Å². The van der Waals surface area contributed by atoms with Gasteiger partial charge in [-0.1, -0.05) is 72.8 Å². The fraction of sp³-hybridized carbons (Fsp3) is 0.263. The van der Waals surface area contributed by atoms with E-state index in [1.54, 1.807) is 10.6 Å². The molecule has 0 N–H and O–H groups in total. The molecule has 2 aliphatic rings. The van der Waals surface area contributed by atoms with Gasteiger partial charge in [-0.2, -0.15) is 0 Å². The van der Waals surface area contributed by atoms with Crippen LogP contribution in [0.3, 0.4) is 0 Å². The van der Waals surface area contributed by atoms with Gasteiger partial charge in [-0.25, -0.2) is 0 Å². The van der Waals surface area contributed by atoms with Crippen molar-refractivity contribution in [2.45, 2.75) is 18.5 Å². The van der Waals surface area contributed by atoms with Crippen molar-refractivity contribution in [2.24, 2.45) is 11.8 Å². The van der Waals surface area contributed by atoms with Gasteiger partial charge in [0.25, 0.3) is 0 Å². The second kappa shape index (κ2) is 5.19. The summed E-state index contributed by atoms with van der Waals surface area (Å²) in [4.78, 5) is 0. The number of hydrogen-bond donors (Lipinski definition) is 0. The molecule has 4 rings (SSSR count). The second-order valence-electron chi connectivity index (χ2n) is 5.89. The number of fused-ring (bicyclic) bond motifs is 2. The van der Waals surface area contributed by atoms with Crippen molar-refractivity contribution >= 4 is 18.5 Å². The first-order valence-corrected chi connectivity index (χ1v) is 8.90. The molecule has 0 aromatic heterocycles. The first-order chi connectivity index (χ1) is 9.92. The van der Waals surface area contributed by atoms with Crippen LogP contribution in [-0.2, 0) is 0 Å². The normalized spacial score (nSPS) is 27.4. The van der Waals surface area contributed by atoms with Gasteiger partial charge in [0.2, 0.25) is 0 Å². The fourth-order valence-electron chi connectivity index (χ4n) is 3.76. The molecule has 2 aromatic carbocycles. The monoisotopic (exact) mass is 278 g/mol. The van der Waals surface area contributed by atoms with Crippen molar-refractivity contribution in [1.82, 2.24) is 0 Å². The third-order valence-corrected chi connectivity index (χ3v) is 7.61. The standard InChI is InChI=1S/C19H19P/c1-3-7-17(8-4-1)20(18-9-5-2-6-10-18)19-14-15-11-12-16(19)13-15/h1-12,15-16,19H,13-14H2/t15?,16?,19-/m0/s1. The third kappa shape index (κ3) is 2.13. The van der Waals surface area contributed by atoms with Gasteiger partial charge in [0, 0.05) is 0 Å². The Hall–Kier alpha value is -1.39. The zero-order chi connectivity index (χ0) is 13.4. The van der Waals surface area contributed by atoms with Crippen molar-refractivity contribution in [3.8, 4) is 0 Å². The van der Waals surface area contributed by atoms with Crippen molar-refractivity contribution in [2.75, 3.05) is 0 Å². The lowest BCUT2D eigenvalue weighted by Crippen LogP contribution is -2.24. The van der Waals surface area contributed by atoms with Gasteiger partial charge in [0.1, 0.15) is 0 Å². The zero-order valence-corrected chi connectivity index (χ0v) is 12.4. The number of hydrogen-bond acceptors (Lipinski definition) is 0. The number of allylic oxidation sites excluding steroid dienone is 2. The Morgan fingerprint density at radius 3 is 1.75 bits per heavy atom. The Bertz CT molecular complexity index is 563. The minimum Gasteiger partial charge on any atom is -0.0851 e. The largest absolute Gasteiger partial charge is 0.0851 e. The van der Waals surface area contributed by atoms with Gasteiger partial charge in [0.15, 0.2) is 0 Å². The first-order valence-electron chi connectivity index (χ1n) is 7.49. The molecule has 3 atom stereocenters. The summed E-state index contributed by atoms with van der Waals surface area (Å²) < 4.78 is 0. The van der Waals surface area contributed by atoms with Crippen LogP contribution in [0.1, 0.15) is 12.8 Å². The van der Waals surface area contributed by atoms with Gasteiger partial charge in [0.05, 0.1) is 0 Å². The Kier molecular flexibility index (Phi) is 3.20. The molecule has 1 saturated carbocycles. The van der Waals surface area contributed by atoms with Crippen molar-refractivity contribution in [3.63, 3.8) is 0 Å². The zero-order valence-electron chi connectivity index (χ0n) is 11.5. The Labute approximate surface area is 122 Å². The van der Waals surface area contributed by atoms with E-state index in [0.717, 1.165) is 17.5 Å². The minimum absolute atomic E-state index is 0.218. The average molecular weight is 278 g/mol. The van der Waals surface area contributed by atoms with Crippen LogP contribution in [0.25, 0.3) is 0 Å². The lowest BCUT2D eigenvalue weighted by atomic mass is 10.1. The quantitative estimate of drug-likeness (QED) is 0.586. The average Bonchev–Trinajstić information content (AvgIpc) is 3.13. The van der Waals surface area contributed by atoms with E-state index in [2.05, 4.69) is 72.8 Å². The van der Waals surface area contributed by atoms with E-state index in [4.69, 9.17) is 0 Å². The maximum absolute atomic E-state index is 2.49. The molecule has 2 bridgehead atoms. The number of benzene rings is 2. The highest BCUT2D eigenvalue weighted by molar-refractivity contribution is 7.73. The number of rotatable bonds is 3. The third-order valence-electron chi connectivity index (χ3n) is 4.64. The molecule has 0 nitrogen and oxygen atoms in total. The van der Waals surface area contributed by atoms with Crippen LogP contribution in [0.5, 0.6) is 0 Å². The summed E-state index contributed by atoms with van der Waals surface area (Å²) in [5.41, 5.74) is 0.838. The SMILES string of the molecule is C1=CC2CC1C[C@@H]2P(c1ccccc1)c1ccccc1. The molecule has 0 saturated heterocycles. The Morgan fingerprint density at radius 1 is 0.700 bits per heavy atom. The van der Waals surface area contributed by atoms with E-state index in [-0.39, 0.29) is 7.92 Å². The van der Waals surface area contributed by atoms with Crippen LogP contribution in [0.15, 0.2) is 72.8 Å². The molecule has 1 fully saturated rings. The van der Waals surface area contributed by atoms with Gasteiger partial charge < -0.3 is 0 Å². The van der Waals surface area contributed by atoms with E-state index in [1.807, 2.05) is 0 Å². The smallest absolute Gasteiger partial charge is 0.00601 e. The topological polar surface area (TPSA) is 0 Å².